The van der Waals surface area contributed by atoms with E-state index in [1.165, 1.54) is 0 Å². The van der Waals surface area contributed by atoms with E-state index in [4.69, 9.17) is 16.3 Å². The average molecular weight is 433 g/mol. The Morgan fingerprint density at radius 3 is 2.52 bits per heavy atom. The lowest BCUT2D eigenvalue weighted by Crippen LogP contribution is -2.24. The Hall–Kier alpha value is -3.57. The molecule has 0 radical (unpaired) electrons. The number of nitrogens with one attached hydrogen (secondary N) is 1. The van der Waals surface area contributed by atoms with E-state index < -0.39 is 11.7 Å². The number of nitrogens with zero attached hydrogens (tertiary/aromatic N) is 1. The van der Waals surface area contributed by atoms with Crippen molar-refractivity contribution in [3.8, 4) is 16.9 Å². The van der Waals surface area contributed by atoms with Crippen LogP contribution in [0.1, 0.15) is 23.0 Å². The lowest BCUT2D eigenvalue weighted by atomic mass is 10.0. The Kier molecular flexibility index (Phi) is 5.78. The van der Waals surface area contributed by atoms with Crippen LogP contribution in [0.2, 0.25) is 5.02 Å². The molecule has 4 rings (SSSR count). The number of carbonyl (C=O) groups is 2. The molecule has 0 fully saturated rings. The number of hydrogen-bond donors (Lipinski definition) is 1. The second-order valence-corrected chi connectivity index (χ2v) is 7.51. The summed E-state index contributed by atoms with van der Waals surface area (Å²) < 4.78 is 7.24. The van der Waals surface area contributed by atoms with Gasteiger partial charge in [-0.25, -0.2) is 0 Å². The first-order valence-electron chi connectivity index (χ1n) is 9.93. The molecule has 4 aromatic rings. The lowest BCUT2D eigenvalue weighted by Gasteiger charge is -2.09. The summed E-state index contributed by atoms with van der Waals surface area (Å²) in [6.07, 6.45) is 1.77. The van der Waals surface area contributed by atoms with Crippen molar-refractivity contribution in [2.75, 3.05) is 11.9 Å². The molecule has 0 spiro atoms. The number of ether oxygens (including phenoxy) is 1. The van der Waals surface area contributed by atoms with E-state index in [0.717, 1.165) is 22.4 Å². The molecule has 0 aliphatic rings. The van der Waals surface area contributed by atoms with Crippen LogP contribution >= 0.6 is 11.6 Å². The molecule has 0 saturated heterocycles. The number of benzene rings is 2. The summed E-state index contributed by atoms with van der Waals surface area (Å²) in [5.74, 6) is -0.611. The summed E-state index contributed by atoms with van der Waals surface area (Å²) in [5.41, 5.74) is 3.98. The largest absolute Gasteiger partial charge is 0.494 e. The van der Waals surface area contributed by atoms with Crippen molar-refractivity contribution in [3.05, 3.63) is 89.2 Å². The molecule has 0 bridgehead atoms. The minimum Gasteiger partial charge on any atom is -0.494 e. The molecule has 31 heavy (non-hydrogen) atoms. The maximum absolute atomic E-state index is 13.2. The third-order valence-corrected chi connectivity index (χ3v) is 5.41. The molecule has 1 amide bonds. The highest BCUT2D eigenvalue weighted by atomic mass is 35.5. The fourth-order valence-electron chi connectivity index (χ4n) is 3.44. The number of carbonyl (C=O) groups excluding carboxylic acids is 2. The van der Waals surface area contributed by atoms with Gasteiger partial charge in [0.15, 0.2) is 0 Å². The smallest absolute Gasteiger partial charge is 0.298 e. The van der Waals surface area contributed by atoms with Crippen molar-refractivity contribution in [2.45, 2.75) is 13.8 Å². The van der Waals surface area contributed by atoms with E-state index in [1.54, 1.807) is 28.8 Å². The molecule has 2 aromatic carbocycles. The number of halogens is 1. The number of Topliss-reactive ketones (excluding diaryl/α,β-unsaturated/α-hetero) is 1. The number of anilines is 1. The predicted octanol–water partition coefficient (Wildman–Crippen LogP) is 5.79. The first-order valence-corrected chi connectivity index (χ1v) is 10.3. The van der Waals surface area contributed by atoms with Gasteiger partial charge in [0.1, 0.15) is 11.4 Å². The summed E-state index contributed by atoms with van der Waals surface area (Å²) >= 11 is 6.14. The molecular formula is C25H21ClN2O3. The van der Waals surface area contributed by atoms with Gasteiger partial charge in [-0.3, -0.25) is 9.59 Å². The van der Waals surface area contributed by atoms with Gasteiger partial charge >= 0.3 is 0 Å². The average Bonchev–Trinajstić information content (AvgIpc) is 3.16. The topological polar surface area (TPSA) is 59.8 Å². The van der Waals surface area contributed by atoms with Crippen LogP contribution in [0.5, 0.6) is 5.75 Å². The van der Waals surface area contributed by atoms with Crippen LogP contribution in [0.3, 0.4) is 0 Å². The summed E-state index contributed by atoms with van der Waals surface area (Å²) in [7, 11) is 0. The quantitative estimate of drug-likeness (QED) is 0.310. The van der Waals surface area contributed by atoms with Crippen molar-refractivity contribution in [2.24, 2.45) is 0 Å². The molecule has 0 aliphatic heterocycles. The van der Waals surface area contributed by atoms with E-state index >= 15 is 0 Å². The van der Waals surface area contributed by atoms with Gasteiger partial charge in [0.2, 0.25) is 0 Å². The van der Waals surface area contributed by atoms with Gasteiger partial charge in [0.25, 0.3) is 11.7 Å². The first kappa shape index (κ1) is 20.7. The van der Waals surface area contributed by atoms with Gasteiger partial charge < -0.3 is 14.5 Å². The molecule has 1 N–H and O–H groups in total. The molecule has 6 heteroatoms. The second kappa shape index (κ2) is 8.66. The van der Waals surface area contributed by atoms with Gasteiger partial charge in [0.05, 0.1) is 6.61 Å². The minimum atomic E-state index is -0.726. The van der Waals surface area contributed by atoms with Gasteiger partial charge in [-0.05, 0) is 67.4 Å². The molecule has 0 atom stereocenters. The second-order valence-electron chi connectivity index (χ2n) is 7.11. The molecule has 0 unspecified atom stereocenters. The van der Waals surface area contributed by atoms with E-state index in [9.17, 15) is 9.59 Å². The third-order valence-electron chi connectivity index (χ3n) is 5.01. The zero-order chi connectivity index (χ0) is 22.0. The van der Waals surface area contributed by atoms with E-state index in [1.807, 2.05) is 62.4 Å². The maximum atomic E-state index is 13.2. The van der Waals surface area contributed by atoms with Crippen LogP contribution in [0.15, 0.2) is 72.9 Å². The number of fused-ring (bicyclic) bond motifs is 1. The van der Waals surface area contributed by atoms with E-state index in [2.05, 4.69) is 5.32 Å². The van der Waals surface area contributed by atoms with Gasteiger partial charge in [-0.1, -0.05) is 35.9 Å². The molecule has 5 nitrogen and oxygen atoms in total. The van der Waals surface area contributed by atoms with Crippen molar-refractivity contribution < 1.29 is 14.3 Å². The highest BCUT2D eigenvalue weighted by Crippen LogP contribution is 2.30. The normalized spacial score (nSPS) is 10.8. The maximum Gasteiger partial charge on any atom is 0.298 e. The standard InChI is InChI=1S/C25H21ClN2O3/c1-3-31-20-11-8-17(9-12-20)21-15-19-6-4-5-13-28(19)23(21)24(29)25(30)27-18-10-7-16(2)22(26)14-18/h4-15H,3H2,1-2H3,(H,27,30). The Bertz CT molecular complexity index is 1280. The monoisotopic (exact) mass is 432 g/mol. The highest BCUT2D eigenvalue weighted by Gasteiger charge is 2.25. The summed E-state index contributed by atoms with van der Waals surface area (Å²) in [6, 6.07) is 20.1. The summed E-state index contributed by atoms with van der Waals surface area (Å²) in [5, 5.41) is 3.18. The molecule has 0 saturated carbocycles. The fourth-order valence-corrected chi connectivity index (χ4v) is 3.62. The number of hydrogen-bond acceptors (Lipinski definition) is 3. The van der Waals surface area contributed by atoms with Crippen LogP contribution in [0, 0.1) is 6.92 Å². The number of amides is 1. The number of pyridine rings is 1. The molecular weight excluding hydrogens is 412 g/mol. The van der Waals surface area contributed by atoms with Crippen molar-refractivity contribution in [1.82, 2.24) is 4.40 Å². The van der Waals surface area contributed by atoms with Crippen LogP contribution < -0.4 is 10.1 Å². The number of rotatable bonds is 6. The molecule has 2 aromatic heterocycles. The van der Waals surface area contributed by atoms with Gasteiger partial charge in [0, 0.05) is 28.0 Å². The number of ketones is 1. The number of aryl methyl sites for hydroxylation is 1. The zero-order valence-electron chi connectivity index (χ0n) is 17.2. The van der Waals surface area contributed by atoms with Crippen LogP contribution in [0.4, 0.5) is 5.69 Å². The van der Waals surface area contributed by atoms with Crippen molar-refractivity contribution >= 4 is 34.5 Å². The van der Waals surface area contributed by atoms with Crippen molar-refractivity contribution in [1.29, 1.82) is 0 Å². The van der Waals surface area contributed by atoms with Crippen LogP contribution in [-0.4, -0.2) is 22.7 Å². The fraction of sp³-hybridized carbons (Fsp3) is 0.120. The zero-order valence-corrected chi connectivity index (χ0v) is 17.9. The summed E-state index contributed by atoms with van der Waals surface area (Å²) in [4.78, 5) is 26.1. The Labute approximate surface area is 185 Å². The minimum absolute atomic E-state index is 0.301. The Balaban J connectivity index is 1.73. The highest BCUT2D eigenvalue weighted by molar-refractivity contribution is 6.47. The first-order chi connectivity index (χ1) is 15.0. The van der Waals surface area contributed by atoms with Crippen LogP contribution in [-0.2, 0) is 4.79 Å². The predicted molar refractivity (Wildman–Crippen MR) is 123 cm³/mol. The van der Waals surface area contributed by atoms with Gasteiger partial charge in [-0.15, -0.1) is 0 Å². The molecule has 2 heterocycles. The van der Waals surface area contributed by atoms with Gasteiger partial charge in [-0.2, -0.15) is 0 Å². The Morgan fingerprint density at radius 1 is 1.03 bits per heavy atom. The van der Waals surface area contributed by atoms with Crippen molar-refractivity contribution in [3.63, 3.8) is 0 Å². The Morgan fingerprint density at radius 2 is 1.81 bits per heavy atom. The lowest BCUT2D eigenvalue weighted by molar-refractivity contribution is -0.112. The van der Waals surface area contributed by atoms with Crippen LogP contribution in [0.25, 0.3) is 16.6 Å². The SMILES string of the molecule is CCOc1ccc(-c2cc3ccccn3c2C(=O)C(=O)Nc2ccc(C)c(Cl)c2)cc1. The molecule has 0 aliphatic carbocycles. The third kappa shape index (κ3) is 4.18. The number of aromatic nitrogens is 1. The van der Waals surface area contributed by atoms with E-state index in [-0.39, 0.29) is 0 Å². The molecule has 156 valence electrons. The van der Waals surface area contributed by atoms with E-state index in [0.29, 0.717) is 28.6 Å². The summed E-state index contributed by atoms with van der Waals surface area (Å²) in [6.45, 7) is 4.36.